The molecule has 0 aliphatic carbocycles. The normalized spacial score (nSPS) is 32.1. The molecule has 0 radical (unpaired) electrons. The number of β-amino-alcohol motifs (C(OH)–C–C–N with tert-alkyl or cyclic N) is 1. The molecule has 2 rings (SSSR count). The first-order valence-corrected chi connectivity index (χ1v) is 7.45. The third-order valence-electron chi connectivity index (χ3n) is 4.54. The number of hydrogen-bond acceptors (Lipinski definition) is 4. The van der Waals surface area contributed by atoms with Crippen molar-refractivity contribution in [2.24, 2.45) is 17.6 Å². The van der Waals surface area contributed by atoms with Crippen LogP contribution in [-0.4, -0.2) is 65.5 Å². The fourth-order valence-electron chi connectivity index (χ4n) is 2.99. The summed E-state index contributed by atoms with van der Waals surface area (Å²) in [5.41, 5.74) is 5.33. The SMILES string of the molecule is CC1CCN(CC(=O)N2CCCC(C(N)=O)C2)CC1O. The van der Waals surface area contributed by atoms with Crippen molar-refractivity contribution in [1.29, 1.82) is 0 Å². The molecule has 3 unspecified atom stereocenters. The lowest BCUT2D eigenvalue weighted by molar-refractivity contribution is -0.136. The van der Waals surface area contributed by atoms with Crippen LogP contribution in [0, 0.1) is 11.8 Å². The molecule has 2 amide bonds. The zero-order valence-electron chi connectivity index (χ0n) is 12.1. The average Bonchev–Trinajstić information content (AvgIpc) is 2.43. The Hall–Kier alpha value is -1.14. The molecule has 3 atom stereocenters. The van der Waals surface area contributed by atoms with E-state index in [9.17, 15) is 14.7 Å². The number of aliphatic hydroxyl groups is 1. The molecular weight excluding hydrogens is 258 g/mol. The van der Waals surface area contributed by atoms with Gasteiger partial charge in [0.2, 0.25) is 11.8 Å². The lowest BCUT2D eigenvalue weighted by atomic mass is 9.95. The highest BCUT2D eigenvalue weighted by Gasteiger charge is 2.30. The predicted molar refractivity (Wildman–Crippen MR) is 74.7 cm³/mol. The van der Waals surface area contributed by atoms with Crippen LogP contribution >= 0.6 is 0 Å². The Morgan fingerprint density at radius 2 is 2.00 bits per heavy atom. The van der Waals surface area contributed by atoms with Gasteiger partial charge in [-0.1, -0.05) is 6.92 Å². The molecule has 0 spiro atoms. The summed E-state index contributed by atoms with van der Waals surface area (Å²) in [6.45, 7) is 4.91. The molecule has 2 aliphatic heterocycles. The van der Waals surface area contributed by atoms with Crippen LogP contribution < -0.4 is 5.73 Å². The van der Waals surface area contributed by atoms with E-state index >= 15 is 0 Å². The highest BCUT2D eigenvalue weighted by atomic mass is 16.3. The molecule has 2 heterocycles. The van der Waals surface area contributed by atoms with Crippen LogP contribution in [-0.2, 0) is 9.59 Å². The minimum absolute atomic E-state index is 0.0395. The molecule has 114 valence electrons. The van der Waals surface area contributed by atoms with Gasteiger partial charge in [-0.3, -0.25) is 14.5 Å². The second kappa shape index (κ2) is 6.54. The summed E-state index contributed by atoms with van der Waals surface area (Å²) in [5.74, 6) is -0.183. The first-order chi connectivity index (χ1) is 9.47. The van der Waals surface area contributed by atoms with E-state index < -0.39 is 0 Å². The first kappa shape index (κ1) is 15.3. The Morgan fingerprint density at radius 3 is 2.65 bits per heavy atom. The highest BCUT2D eigenvalue weighted by Crippen LogP contribution is 2.19. The van der Waals surface area contributed by atoms with Gasteiger partial charge in [0.15, 0.2) is 0 Å². The van der Waals surface area contributed by atoms with Crippen LogP contribution in [0.2, 0.25) is 0 Å². The second-order valence-electron chi connectivity index (χ2n) is 6.15. The van der Waals surface area contributed by atoms with E-state index in [1.165, 1.54) is 0 Å². The maximum Gasteiger partial charge on any atom is 0.236 e. The van der Waals surface area contributed by atoms with Gasteiger partial charge < -0.3 is 15.7 Å². The number of carbonyl (C=O) groups is 2. The molecule has 6 nitrogen and oxygen atoms in total. The molecule has 20 heavy (non-hydrogen) atoms. The van der Waals surface area contributed by atoms with Gasteiger partial charge in [0.1, 0.15) is 0 Å². The smallest absolute Gasteiger partial charge is 0.236 e. The maximum atomic E-state index is 12.3. The van der Waals surface area contributed by atoms with Crippen LogP contribution in [0.1, 0.15) is 26.2 Å². The van der Waals surface area contributed by atoms with Gasteiger partial charge in [0.25, 0.3) is 0 Å². The van der Waals surface area contributed by atoms with Crippen LogP contribution in [0.5, 0.6) is 0 Å². The number of piperidine rings is 2. The Morgan fingerprint density at radius 1 is 1.25 bits per heavy atom. The lowest BCUT2D eigenvalue weighted by Crippen LogP contribution is -2.50. The van der Waals surface area contributed by atoms with Gasteiger partial charge in [-0.25, -0.2) is 0 Å². The van der Waals surface area contributed by atoms with Crippen LogP contribution in [0.15, 0.2) is 0 Å². The van der Waals surface area contributed by atoms with E-state index in [0.29, 0.717) is 32.1 Å². The average molecular weight is 283 g/mol. The summed E-state index contributed by atoms with van der Waals surface area (Å²) in [6.07, 6.45) is 2.17. The highest BCUT2D eigenvalue weighted by molar-refractivity contribution is 5.81. The fourth-order valence-corrected chi connectivity index (χ4v) is 2.99. The second-order valence-corrected chi connectivity index (χ2v) is 6.15. The molecule has 2 saturated heterocycles. The molecular formula is C14H25N3O3. The van der Waals surface area contributed by atoms with Gasteiger partial charge >= 0.3 is 0 Å². The van der Waals surface area contributed by atoms with Crippen LogP contribution in [0.25, 0.3) is 0 Å². The van der Waals surface area contributed by atoms with E-state index in [-0.39, 0.29) is 23.8 Å². The molecule has 3 N–H and O–H groups in total. The van der Waals surface area contributed by atoms with Crippen molar-refractivity contribution in [3.63, 3.8) is 0 Å². The number of hydrogen-bond donors (Lipinski definition) is 2. The number of likely N-dealkylation sites (tertiary alicyclic amines) is 2. The fraction of sp³-hybridized carbons (Fsp3) is 0.857. The van der Waals surface area contributed by atoms with E-state index in [4.69, 9.17) is 5.73 Å². The van der Waals surface area contributed by atoms with Gasteiger partial charge in [0, 0.05) is 19.6 Å². The van der Waals surface area contributed by atoms with E-state index in [1.54, 1.807) is 4.90 Å². The monoisotopic (exact) mass is 283 g/mol. The Bertz CT molecular complexity index is 375. The molecule has 2 fully saturated rings. The van der Waals surface area contributed by atoms with Gasteiger partial charge in [-0.2, -0.15) is 0 Å². The Balaban J connectivity index is 1.84. The summed E-state index contributed by atoms with van der Waals surface area (Å²) < 4.78 is 0. The van der Waals surface area contributed by atoms with Crippen molar-refractivity contribution in [3.8, 4) is 0 Å². The van der Waals surface area contributed by atoms with Gasteiger partial charge in [-0.15, -0.1) is 0 Å². The van der Waals surface area contributed by atoms with E-state index in [2.05, 4.69) is 0 Å². The zero-order valence-corrected chi connectivity index (χ0v) is 12.1. The van der Waals surface area contributed by atoms with Crippen LogP contribution in [0.4, 0.5) is 0 Å². The molecule has 0 bridgehead atoms. The van der Waals surface area contributed by atoms with E-state index in [0.717, 1.165) is 25.8 Å². The number of primary amides is 1. The minimum Gasteiger partial charge on any atom is -0.392 e. The quantitative estimate of drug-likeness (QED) is 0.725. The number of carbonyl (C=O) groups excluding carboxylic acids is 2. The summed E-state index contributed by atoms with van der Waals surface area (Å²) in [6, 6.07) is 0. The lowest BCUT2D eigenvalue weighted by Gasteiger charge is -2.36. The van der Waals surface area contributed by atoms with E-state index in [1.807, 2.05) is 11.8 Å². The number of aliphatic hydroxyl groups excluding tert-OH is 1. The third-order valence-corrected chi connectivity index (χ3v) is 4.54. The van der Waals surface area contributed by atoms with Gasteiger partial charge in [0.05, 0.1) is 18.6 Å². The van der Waals surface area contributed by atoms with Gasteiger partial charge in [-0.05, 0) is 31.7 Å². The predicted octanol–water partition coefficient (Wildman–Crippen LogP) is -0.587. The Labute approximate surface area is 119 Å². The standard InChI is InChI=1S/C14H25N3O3/c1-10-4-6-16(8-12(10)18)9-13(19)17-5-2-3-11(7-17)14(15)20/h10-12,18H,2-9H2,1H3,(H2,15,20). The van der Waals surface area contributed by atoms with Crippen molar-refractivity contribution in [2.45, 2.75) is 32.3 Å². The van der Waals surface area contributed by atoms with Crippen molar-refractivity contribution in [1.82, 2.24) is 9.80 Å². The maximum absolute atomic E-state index is 12.3. The Kier molecular flexibility index (Phi) is 4.99. The number of nitrogens with two attached hydrogens (primary N) is 1. The van der Waals surface area contributed by atoms with Crippen molar-refractivity contribution < 1.29 is 14.7 Å². The topological polar surface area (TPSA) is 86.9 Å². The molecule has 0 aromatic heterocycles. The third kappa shape index (κ3) is 3.70. The van der Waals surface area contributed by atoms with Crippen molar-refractivity contribution in [2.75, 3.05) is 32.7 Å². The summed E-state index contributed by atoms with van der Waals surface area (Å²) >= 11 is 0. The molecule has 0 aromatic rings. The van der Waals surface area contributed by atoms with Crippen molar-refractivity contribution in [3.05, 3.63) is 0 Å². The molecule has 2 aliphatic rings. The number of nitrogens with zero attached hydrogens (tertiary/aromatic N) is 2. The van der Waals surface area contributed by atoms with Crippen LogP contribution in [0.3, 0.4) is 0 Å². The number of amides is 2. The summed E-state index contributed by atoms with van der Waals surface area (Å²) in [5, 5.41) is 9.86. The number of rotatable bonds is 3. The first-order valence-electron chi connectivity index (χ1n) is 7.45. The molecule has 6 heteroatoms. The summed E-state index contributed by atoms with van der Waals surface area (Å²) in [7, 11) is 0. The minimum atomic E-state index is -0.351. The largest absolute Gasteiger partial charge is 0.392 e. The molecule has 0 aromatic carbocycles. The summed E-state index contributed by atoms with van der Waals surface area (Å²) in [4.78, 5) is 27.2. The van der Waals surface area contributed by atoms with Crippen molar-refractivity contribution >= 4 is 11.8 Å². The zero-order chi connectivity index (χ0) is 14.7. The molecule has 0 saturated carbocycles.